The van der Waals surface area contributed by atoms with E-state index in [2.05, 4.69) is 17.4 Å². The Balaban J connectivity index is 1.79. The molecule has 0 saturated carbocycles. The SMILES string of the molecule is CN(C)C(=O)C(c1ccccc1)c1ccc(NCc2ccccc2)cc1. The van der Waals surface area contributed by atoms with Crippen LogP contribution in [0, 0.1) is 0 Å². The Morgan fingerprint density at radius 2 is 1.35 bits per heavy atom. The average molecular weight is 344 g/mol. The summed E-state index contributed by atoms with van der Waals surface area (Å²) in [7, 11) is 3.60. The molecule has 0 bridgehead atoms. The van der Waals surface area contributed by atoms with Gasteiger partial charge >= 0.3 is 0 Å². The molecule has 1 amide bonds. The summed E-state index contributed by atoms with van der Waals surface area (Å²) in [5, 5.41) is 3.42. The van der Waals surface area contributed by atoms with Gasteiger partial charge in [-0.05, 0) is 28.8 Å². The third-order valence-corrected chi connectivity index (χ3v) is 4.40. The van der Waals surface area contributed by atoms with Crippen LogP contribution in [-0.2, 0) is 11.3 Å². The fraction of sp³-hybridized carbons (Fsp3) is 0.174. The molecule has 3 heteroatoms. The molecule has 0 radical (unpaired) electrons. The zero-order valence-corrected chi connectivity index (χ0v) is 15.2. The predicted molar refractivity (Wildman–Crippen MR) is 107 cm³/mol. The lowest BCUT2D eigenvalue weighted by Gasteiger charge is -2.21. The highest BCUT2D eigenvalue weighted by molar-refractivity contribution is 5.87. The van der Waals surface area contributed by atoms with Crippen LogP contribution in [-0.4, -0.2) is 24.9 Å². The largest absolute Gasteiger partial charge is 0.381 e. The monoisotopic (exact) mass is 344 g/mol. The molecular formula is C23H24N2O. The van der Waals surface area contributed by atoms with E-state index in [0.29, 0.717) is 0 Å². The van der Waals surface area contributed by atoms with Crippen molar-refractivity contribution in [2.45, 2.75) is 12.5 Å². The van der Waals surface area contributed by atoms with Crippen molar-refractivity contribution in [2.24, 2.45) is 0 Å². The highest BCUT2D eigenvalue weighted by Crippen LogP contribution is 2.27. The zero-order valence-electron chi connectivity index (χ0n) is 15.2. The van der Waals surface area contributed by atoms with Crippen LogP contribution in [0.1, 0.15) is 22.6 Å². The third-order valence-electron chi connectivity index (χ3n) is 4.40. The maximum absolute atomic E-state index is 12.7. The molecule has 1 atom stereocenters. The van der Waals surface area contributed by atoms with Gasteiger partial charge in [-0.15, -0.1) is 0 Å². The summed E-state index contributed by atoms with van der Waals surface area (Å²) < 4.78 is 0. The quantitative estimate of drug-likeness (QED) is 0.713. The Morgan fingerprint density at radius 3 is 1.92 bits per heavy atom. The fourth-order valence-electron chi connectivity index (χ4n) is 2.97. The van der Waals surface area contributed by atoms with E-state index in [1.807, 2.05) is 72.8 Å². The van der Waals surface area contributed by atoms with E-state index >= 15 is 0 Å². The Morgan fingerprint density at radius 1 is 0.808 bits per heavy atom. The van der Waals surface area contributed by atoms with Gasteiger partial charge in [-0.3, -0.25) is 4.79 Å². The van der Waals surface area contributed by atoms with Gasteiger partial charge in [0.2, 0.25) is 5.91 Å². The van der Waals surface area contributed by atoms with Crippen LogP contribution >= 0.6 is 0 Å². The van der Waals surface area contributed by atoms with Crippen molar-refractivity contribution in [3.63, 3.8) is 0 Å². The normalized spacial score (nSPS) is 11.6. The smallest absolute Gasteiger partial charge is 0.234 e. The number of hydrogen-bond donors (Lipinski definition) is 1. The summed E-state index contributed by atoms with van der Waals surface area (Å²) in [6.45, 7) is 0.777. The molecule has 0 aliphatic carbocycles. The molecule has 132 valence electrons. The van der Waals surface area contributed by atoms with Crippen LogP contribution < -0.4 is 5.32 Å². The molecule has 0 spiro atoms. The Kier molecular flexibility index (Phi) is 5.69. The fourth-order valence-corrected chi connectivity index (χ4v) is 2.97. The number of carbonyl (C=O) groups is 1. The zero-order chi connectivity index (χ0) is 18.4. The van der Waals surface area contributed by atoms with E-state index in [1.54, 1.807) is 19.0 Å². The first kappa shape index (κ1) is 17.7. The molecule has 0 fully saturated rings. The van der Waals surface area contributed by atoms with E-state index in [0.717, 1.165) is 23.4 Å². The van der Waals surface area contributed by atoms with Gasteiger partial charge in [-0.25, -0.2) is 0 Å². The molecule has 1 unspecified atom stereocenters. The second-order valence-electron chi connectivity index (χ2n) is 6.54. The topological polar surface area (TPSA) is 32.3 Å². The Labute approximate surface area is 155 Å². The van der Waals surface area contributed by atoms with Crippen molar-refractivity contribution < 1.29 is 4.79 Å². The first-order valence-corrected chi connectivity index (χ1v) is 8.79. The van der Waals surface area contributed by atoms with Crippen LogP contribution in [0.5, 0.6) is 0 Å². The molecule has 3 aromatic rings. The Hall–Kier alpha value is -3.07. The van der Waals surface area contributed by atoms with Gasteiger partial charge in [0.15, 0.2) is 0 Å². The van der Waals surface area contributed by atoms with E-state index < -0.39 is 0 Å². The summed E-state index contributed by atoms with van der Waals surface area (Å²) in [4.78, 5) is 14.4. The van der Waals surface area contributed by atoms with Crippen molar-refractivity contribution >= 4 is 11.6 Å². The molecule has 0 aliphatic heterocycles. The Bertz CT molecular complexity index is 827. The molecule has 1 N–H and O–H groups in total. The number of hydrogen-bond acceptors (Lipinski definition) is 2. The number of nitrogens with one attached hydrogen (secondary N) is 1. The molecule has 3 aromatic carbocycles. The molecular weight excluding hydrogens is 320 g/mol. The van der Waals surface area contributed by atoms with Crippen molar-refractivity contribution in [1.82, 2.24) is 4.90 Å². The van der Waals surface area contributed by atoms with Gasteiger partial charge in [-0.2, -0.15) is 0 Å². The van der Waals surface area contributed by atoms with Gasteiger partial charge in [-0.1, -0.05) is 72.8 Å². The van der Waals surface area contributed by atoms with Crippen LogP contribution in [0.15, 0.2) is 84.9 Å². The van der Waals surface area contributed by atoms with Crippen molar-refractivity contribution in [3.8, 4) is 0 Å². The minimum Gasteiger partial charge on any atom is -0.381 e. The molecule has 0 heterocycles. The van der Waals surface area contributed by atoms with E-state index in [4.69, 9.17) is 0 Å². The molecule has 3 nitrogen and oxygen atoms in total. The lowest BCUT2D eigenvalue weighted by molar-refractivity contribution is -0.129. The lowest BCUT2D eigenvalue weighted by atomic mass is 9.90. The number of likely N-dealkylation sites (N-methyl/N-ethyl adjacent to an activating group) is 1. The molecule has 0 saturated heterocycles. The maximum Gasteiger partial charge on any atom is 0.234 e. The summed E-state index contributed by atoms with van der Waals surface area (Å²) in [6, 6.07) is 28.4. The van der Waals surface area contributed by atoms with Crippen molar-refractivity contribution in [1.29, 1.82) is 0 Å². The van der Waals surface area contributed by atoms with Crippen LogP contribution in [0.4, 0.5) is 5.69 Å². The number of benzene rings is 3. The second-order valence-corrected chi connectivity index (χ2v) is 6.54. The number of amides is 1. The molecule has 0 aromatic heterocycles. The van der Waals surface area contributed by atoms with Crippen LogP contribution in [0.2, 0.25) is 0 Å². The van der Waals surface area contributed by atoms with E-state index in [1.165, 1.54) is 5.56 Å². The van der Waals surface area contributed by atoms with E-state index in [9.17, 15) is 4.79 Å². The summed E-state index contributed by atoms with van der Waals surface area (Å²) in [5.41, 5.74) is 4.29. The summed E-state index contributed by atoms with van der Waals surface area (Å²) >= 11 is 0. The molecule has 26 heavy (non-hydrogen) atoms. The highest BCUT2D eigenvalue weighted by Gasteiger charge is 2.23. The number of nitrogens with zero attached hydrogens (tertiary/aromatic N) is 1. The van der Waals surface area contributed by atoms with Gasteiger partial charge in [0, 0.05) is 26.3 Å². The molecule has 3 rings (SSSR count). The maximum atomic E-state index is 12.7. The first-order valence-electron chi connectivity index (χ1n) is 8.79. The van der Waals surface area contributed by atoms with E-state index in [-0.39, 0.29) is 11.8 Å². The number of carbonyl (C=O) groups excluding carboxylic acids is 1. The van der Waals surface area contributed by atoms with Gasteiger partial charge in [0.25, 0.3) is 0 Å². The average Bonchev–Trinajstić information content (AvgIpc) is 2.69. The van der Waals surface area contributed by atoms with Crippen LogP contribution in [0.25, 0.3) is 0 Å². The third kappa shape index (κ3) is 4.31. The standard InChI is InChI=1S/C23H24N2O/c1-25(2)23(26)22(19-11-7-4-8-12-19)20-13-15-21(16-14-20)24-17-18-9-5-3-6-10-18/h3-16,22,24H,17H2,1-2H3. The number of anilines is 1. The van der Waals surface area contributed by atoms with Gasteiger partial charge < -0.3 is 10.2 Å². The van der Waals surface area contributed by atoms with Crippen molar-refractivity contribution in [3.05, 3.63) is 102 Å². The number of rotatable bonds is 6. The molecule has 0 aliphatic rings. The lowest BCUT2D eigenvalue weighted by Crippen LogP contribution is -2.28. The van der Waals surface area contributed by atoms with Gasteiger partial charge in [0.1, 0.15) is 0 Å². The summed E-state index contributed by atoms with van der Waals surface area (Å²) in [6.07, 6.45) is 0. The minimum atomic E-state index is -0.283. The van der Waals surface area contributed by atoms with Crippen molar-refractivity contribution in [2.75, 3.05) is 19.4 Å². The van der Waals surface area contributed by atoms with Gasteiger partial charge in [0.05, 0.1) is 5.92 Å². The van der Waals surface area contributed by atoms with Crippen LogP contribution in [0.3, 0.4) is 0 Å². The summed E-state index contributed by atoms with van der Waals surface area (Å²) in [5.74, 6) is -0.199. The highest BCUT2D eigenvalue weighted by atomic mass is 16.2. The first-order chi connectivity index (χ1) is 12.6. The second kappa shape index (κ2) is 8.34. The predicted octanol–water partition coefficient (Wildman–Crippen LogP) is 4.52. The minimum absolute atomic E-state index is 0.0844.